The molecule has 1 aromatic carbocycles. The van der Waals surface area contributed by atoms with E-state index >= 15 is 0 Å². The lowest BCUT2D eigenvalue weighted by Gasteiger charge is -2.39. The van der Waals surface area contributed by atoms with E-state index in [1.165, 1.54) is 25.0 Å². The van der Waals surface area contributed by atoms with Gasteiger partial charge in [-0.2, -0.15) is 0 Å². The summed E-state index contributed by atoms with van der Waals surface area (Å²) in [5.74, 6) is -0.191. The first-order valence-corrected chi connectivity index (χ1v) is 7.51. The lowest BCUT2D eigenvalue weighted by atomic mass is 9.94. The van der Waals surface area contributed by atoms with E-state index in [0.29, 0.717) is 12.6 Å². The Labute approximate surface area is 120 Å². The van der Waals surface area contributed by atoms with Crippen LogP contribution in [-0.2, 0) is 0 Å². The molecule has 3 rings (SSSR count). The van der Waals surface area contributed by atoms with Crippen LogP contribution in [0.2, 0.25) is 0 Å². The highest BCUT2D eigenvalue weighted by molar-refractivity contribution is 5.49. The van der Waals surface area contributed by atoms with Gasteiger partial charge in [0.05, 0.1) is 5.54 Å². The third-order valence-corrected chi connectivity index (χ3v) is 5.04. The molecule has 0 bridgehead atoms. The summed E-state index contributed by atoms with van der Waals surface area (Å²) < 4.78 is 13.1. The predicted octanol–water partition coefficient (Wildman–Crippen LogP) is 2.22. The Hall–Kier alpha value is -1.13. The molecule has 2 N–H and O–H groups in total. The fourth-order valence-electron chi connectivity index (χ4n) is 3.59. The van der Waals surface area contributed by atoms with Crippen molar-refractivity contribution in [2.24, 2.45) is 5.73 Å². The van der Waals surface area contributed by atoms with Crippen molar-refractivity contribution in [2.45, 2.75) is 43.8 Å². The number of benzene rings is 1. The lowest BCUT2D eigenvalue weighted by Crippen LogP contribution is -2.54. The van der Waals surface area contributed by atoms with Crippen LogP contribution in [0.1, 0.15) is 26.2 Å². The molecule has 0 aromatic heterocycles. The molecule has 110 valence electrons. The van der Waals surface area contributed by atoms with Gasteiger partial charge in [-0.15, -0.1) is 0 Å². The van der Waals surface area contributed by atoms with Crippen LogP contribution in [0.25, 0.3) is 0 Å². The van der Waals surface area contributed by atoms with Crippen molar-refractivity contribution in [3.63, 3.8) is 0 Å². The van der Waals surface area contributed by atoms with Crippen molar-refractivity contribution in [3.8, 4) is 0 Å². The van der Waals surface area contributed by atoms with Crippen LogP contribution in [0.15, 0.2) is 24.3 Å². The highest BCUT2D eigenvalue weighted by atomic mass is 19.1. The Morgan fingerprint density at radius 3 is 2.55 bits per heavy atom. The van der Waals surface area contributed by atoms with Crippen LogP contribution in [-0.4, -0.2) is 42.7 Å². The van der Waals surface area contributed by atoms with Crippen LogP contribution in [0.4, 0.5) is 10.1 Å². The second-order valence-electron chi connectivity index (χ2n) is 6.42. The van der Waals surface area contributed by atoms with Crippen LogP contribution < -0.4 is 10.6 Å². The van der Waals surface area contributed by atoms with Crippen LogP contribution in [0.5, 0.6) is 0 Å². The Morgan fingerprint density at radius 1 is 1.35 bits per heavy atom. The number of halogens is 1. The molecule has 2 aliphatic rings. The Balaban J connectivity index is 1.83. The molecule has 2 atom stereocenters. The number of nitrogens with zero attached hydrogens (tertiary/aromatic N) is 2. The highest BCUT2D eigenvalue weighted by Crippen LogP contribution is 2.40. The number of hydrogen-bond donors (Lipinski definition) is 1. The average molecular weight is 277 g/mol. The molecule has 1 saturated carbocycles. The molecule has 0 amide bonds. The van der Waals surface area contributed by atoms with Gasteiger partial charge in [0.15, 0.2) is 0 Å². The minimum Gasteiger partial charge on any atom is -0.366 e. The first-order chi connectivity index (χ1) is 9.55. The molecular formula is C16H24FN3. The highest BCUT2D eigenvalue weighted by Gasteiger charge is 2.48. The van der Waals surface area contributed by atoms with E-state index < -0.39 is 0 Å². The summed E-state index contributed by atoms with van der Waals surface area (Å²) in [6.45, 7) is 3.95. The van der Waals surface area contributed by atoms with Crippen LogP contribution in [0.3, 0.4) is 0 Å². The van der Waals surface area contributed by atoms with E-state index in [1.54, 1.807) is 0 Å². The van der Waals surface area contributed by atoms with Gasteiger partial charge in [-0.25, -0.2) is 4.39 Å². The van der Waals surface area contributed by atoms with E-state index in [2.05, 4.69) is 23.8 Å². The van der Waals surface area contributed by atoms with E-state index in [4.69, 9.17) is 5.73 Å². The molecule has 1 aliphatic heterocycles. The fraction of sp³-hybridized carbons (Fsp3) is 0.625. The van der Waals surface area contributed by atoms with Gasteiger partial charge < -0.3 is 10.6 Å². The SMILES string of the molecule is CC1CC(CN)(N(C)c2ccc(F)cc2)CN1C1CC1. The molecule has 2 unspecified atom stereocenters. The molecule has 4 heteroatoms. The maximum absolute atomic E-state index is 13.1. The zero-order valence-corrected chi connectivity index (χ0v) is 12.3. The van der Waals surface area contributed by atoms with Crippen LogP contribution >= 0.6 is 0 Å². The molecular weight excluding hydrogens is 253 g/mol. The Kier molecular flexibility index (Phi) is 3.46. The van der Waals surface area contributed by atoms with Gasteiger partial charge in [0.1, 0.15) is 5.82 Å². The largest absolute Gasteiger partial charge is 0.366 e. The fourth-order valence-corrected chi connectivity index (χ4v) is 3.59. The molecule has 0 spiro atoms. The summed E-state index contributed by atoms with van der Waals surface area (Å²) in [7, 11) is 2.09. The minimum atomic E-state index is -0.191. The van der Waals surface area contributed by atoms with Crippen molar-refractivity contribution in [3.05, 3.63) is 30.1 Å². The maximum atomic E-state index is 13.1. The third-order valence-electron chi connectivity index (χ3n) is 5.04. The van der Waals surface area contributed by atoms with E-state index in [1.807, 2.05) is 12.1 Å². The van der Waals surface area contributed by atoms with E-state index in [0.717, 1.165) is 24.7 Å². The van der Waals surface area contributed by atoms with Gasteiger partial charge in [-0.1, -0.05) is 0 Å². The molecule has 1 heterocycles. The minimum absolute atomic E-state index is 0.0279. The summed E-state index contributed by atoms with van der Waals surface area (Å²) in [4.78, 5) is 4.86. The number of anilines is 1. The average Bonchev–Trinajstić information content (AvgIpc) is 3.23. The molecule has 2 fully saturated rings. The molecule has 3 nitrogen and oxygen atoms in total. The lowest BCUT2D eigenvalue weighted by molar-refractivity contribution is 0.249. The number of hydrogen-bond acceptors (Lipinski definition) is 3. The van der Waals surface area contributed by atoms with Gasteiger partial charge in [0.25, 0.3) is 0 Å². The van der Waals surface area contributed by atoms with E-state index in [9.17, 15) is 4.39 Å². The summed E-state index contributed by atoms with van der Waals surface area (Å²) in [6.07, 6.45) is 3.73. The van der Waals surface area contributed by atoms with Crippen molar-refractivity contribution >= 4 is 5.69 Å². The second-order valence-corrected chi connectivity index (χ2v) is 6.42. The number of likely N-dealkylation sites (N-methyl/N-ethyl adjacent to an activating group) is 1. The summed E-state index contributed by atoms with van der Waals surface area (Å²) >= 11 is 0. The first kappa shape index (κ1) is 13.8. The molecule has 0 radical (unpaired) electrons. The standard InChI is InChI=1S/C16H24FN3/c1-12-9-16(10-18,11-20(12)15-7-8-15)19(2)14-5-3-13(17)4-6-14/h3-6,12,15H,7-11,18H2,1-2H3. The number of nitrogens with two attached hydrogens (primary N) is 1. The monoisotopic (exact) mass is 277 g/mol. The second kappa shape index (κ2) is 5.01. The van der Waals surface area contributed by atoms with Crippen LogP contribution in [0, 0.1) is 5.82 Å². The van der Waals surface area contributed by atoms with Gasteiger partial charge in [0, 0.05) is 37.9 Å². The smallest absolute Gasteiger partial charge is 0.123 e. The molecule has 1 aromatic rings. The van der Waals surface area contributed by atoms with Crippen molar-refractivity contribution in [1.82, 2.24) is 4.90 Å². The van der Waals surface area contributed by atoms with Gasteiger partial charge in [-0.05, 0) is 50.5 Å². The third kappa shape index (κ3) is 2.31. The van der Waals surface area contributed by atoms with E-state index in [-0.39, 0.29) is 11.4 Å². The van der Waals surface area contributed by atoms with Gasteiger partial charge in [0.2, 0.25) is 0 Å². The Morgan fingerprint density at radius 2 is 2.00 bits per heavy atom. The topological polar surface area (TPSA) is 32.5 Å². The first-order valence-electron chi connectivity index (χ1n) is 7.51. The summed E-state index contributed by atoms with van der Waals surface area (Å²) in [5, 5.41) is 0. The van der Waals surface area contributed by atoms with Crippen molar-refractivity contribution in [1.29, 1.82) is 0 Å². The number of likely N-dealkylation sites (tertiary alicyclic amines) is 1. The maximum Gasteiger partial charge on any atom is 0.123 e. The van der Waals surface area contributed by atoms with Gasteiger partial charge in [-0.3, -0.25) is 4.90 Å². The van der Waals surface area contributed by atoms with Crippen molar-refractivity contribution in [2.75, 3.05) is 25.0 Å². The quantitative estimate of drug-likeness (QED) is 0.916. The Bertz CT molecular complexity index is 471. The molecule has 20 heavy (non-hydrogen) atoms. The zero-order chi connectivity index (χ0) is 14.3. The normalized spacial score (nSPS) is 30.7. The predicted molar refractivity (Wildman–Crippen MR) is 80.4 cm³/mol. The summed E-state index contributed by atoms with van der Waals surface area (Å²) in [6, 6.07) is 8.07. The van der Waals surface area contributed by atoms with Crippen molar-refractivity contribution < 1.29 is 4.39 Å². The summed E-state index contributed by atoms with van der Waals surface area (Å²) in [5.41, 5.74) is 7.15. The number of rotatable bonds is 4. The molecule has 1 saturated heterocycles. The zero-order valence-electron chi connectivity index (χ0n) is 12.3. The van der Waals surface area contributed by atoms with Gasteiger partial charge >= 0.3 is 0 Å². The molecule has 1 aliphatic carbocycles.